The molecular weight excluding hydrogens is 1420 g/mol. The maximum Gasteiger partial charge on any atom is 0.268 e. The molecule has 16 bridgehead atoms. The molecule has 14 aromatic carbocycles. The molecule has 0 unspecified atom stereocenters. The Hall–Kier alpha value is -12.4. The van der Waals surface area contributed by atoms with Gasteiger partial charge in [-0.1, -0.05) is 244 Å². The molecule has 0 radical (unpaired) electrons. The van der Waals surface area contributed by atoms with E-state index in [9.17, 15) is 5.48 Å². The van der Waals surface area contributed by atoms with Crippen molar-refractivity contribution in [2.45, 2.75) is 26.2 Å². The van der Waals surface area contributed by atoms with Gasteiger partial charge in [-0.25, -0.2) is 4.98 Å². The number of benzene rings is 14. The number of aromatic nitrogens is 6. The van der Waals surface area contributed by atoms with Crippen molar-refractivity contribution in [3.8, 4) is 107 Å². The molecule has 0 fully saturated rings. The number of nitrogens with zero attached hydrogens (tertiary/aromatic N) is 6. The molecular formula is C94H62N6OPt-2. The van der Waals surface area contributed by atoms with Crippen molar-refractivity contribution in [2.24, 2.45) is 0 Å². The van der Waals surface area contributed by atoms with Crippen molar-refractivity contribution in [1.29, 1.82) is 0 Å². The van der Waals surface area contributed by atoms with Crippen molar-refractivity contribution in [1.82, 2.24) is 23.3 Å². The normalized spacial score (nSPS) is 13.4. The second kappa shape index (κ2) is 23.9. The Kier molecular flexibility index (Phi) is 11.9. The second-order valence-corrected chi connectivity index (χ2v) is 26.8. The summed E-state index contributed by atoms with van der Waals surface area (Å²) >= 11 is 0. The van der Waals surface area contributed by atoms with E-state index in [4.69, 9.17) is 17.9 Å². The molecule has 8 heterocycles. The maximum absolute atomic E-state index is 9.40. The number of fused-ring (bicyclic) bond motifs is 4. The smallest absolute Gasteiger partial charge is 0.268 e. The monoisotopic (exact) mass is 1500 g/mol. The largest absolute Gasteiger partial charge is 0.510 e. The summed E-state index contributed by atoms with van der Waals surface area (Å²) in [6, 6.07) is 89.5. The fourth-order valence-electron chi connectivity index (χ4n) is 15.3. The topological polar surface area (TPSA) is 45.7 Å². The van der Waals surface area contributed by atoms with Crippen molar-refractivity contribution >= 4 is 76.5 Å². The van der Waals surface area contributed by atoms with Crippen LogP contribution in [-0.2, 0) is 26.5 Å². The average Bonchev–Trinajstić information content (AvgIpc) is 1.70. The van der Waals surface area contributed by atoms with Crippen LogP contribution in [0.4, 0.5) is 0 Å². The number of imidazole rings is 1. The first-order chi connectivity index (χ1) is 53.8. The van der Waals surface area contributed by atoms with Crippen LogP contribution in [0.5, 0.6) is 11.5 Å². The van der Waals surface area contributed by atoms with Gasteiger partial charge in [0.25, 0.3) is 6.33 Å². The molecule has 3 aliphatic heterocycles. The van der Waals surface area contributed by atoms with Crippen molar-refractivity contribution in [3.05, 3.63) is 345 Å². The van der Waals surface area contributed by atoms with Crippen molar-refractivity contribution < 1.29 is 44.1 Å². The van der Waals surface area contributed by atoms with Gasteiger partial charge in [-0.15, -0.1) is 35.2 Å². The van der Waals surface area contributed by atoms with Gasteiger partial charge in [-0.3, -0.25) is 4.57 Å². The Morgan fingerprint density at radius 3 is 1.61 bits per heavy atom. The van der Waals surface area contributed by atoms with E-state index in [-0.39, 0.29) is 54.4 Å². The van der Waals surface area contributed by atoms with Crippen LogP contribution < -0.4 is 9.30 Å². The summed E-state index contributed by atoms with van der Waals surface area (Å²) in [5.74, 6) is 1.38. The van der Waals surface area contributed by atoms with E-state index in [0.717, 1.165) is 127 Å². The number of rotatable bonds is 5. The molecule has 5 aromatic heterocycles. The molecule has 0 saturated heterocycles. The predicted octanol–water partition coefficient (Wildman–Crippen LogP) is 23.4. The van der Waals surface area contributed by atoms with Crippen LogP contribution in [0.25, 0.3) is 172 Å². The summed E-state index contributed by atoms with van der Waals surface area (Å²) in [7, 11) is 0. The quantitative estimate of drug-likeness (QED) is 0.127. The maximum atomic E-state index is 9.40. The summed E-state index contributed by atoms with van der Waals surface area (Å²) in [6.45, 7) is 6.59. The summed E-state index contributed by atoms with van der Waals surface area (Å²) < 4.78 is 108. The molecule has 0 N–H and O–H groups in total. The molecule has 102 heavy (non-hydrogen) atoms. The third-order valence-electron chi connectivity index (χ3n) is 19.9. The number of hydrogen-bond acceptors (Lipinski definition) is 2. The Labute approximate surface area is 618 Å². The van der Waals surface area contributed by atoms with E-state index in [1.165, 1.54) is 0 Å². The zero-order chi connectivity index (χ0) is 75.7. The first kappa shape index (κ1) is 50.8. The standard InChI is InChI=1S/C94H62N6O.Pt/c1-94(2,3)66-48-49-95-92(55-66)100-90-54-64-40-44-80(90)81-45-43-70(58-91(81)100)101-71-52-65(51-69(56-71)96-59-97(89-39-19-18-38-88(89)96)93-76(60-22-6-4-7-23-60)34-21-35-77(93)61-24-8-5-9-25-61)75-31-13-12-29-73(75)63-41-46-86-82(53-63)78-32-14-16-36-84(78)99(86)68-42-47-87-83(57-68)79-33-15-17-37-85(79)98(87)67-27-20-26-62(50-67)72-28-10-11-30-74(64)72;/h4-55,57H,1-3H3;/q-2;/i4D,5D,6D,7D,8D,9D,22D,23D,24D,25D;. The number of hydrogen-bond donors (Lipinski definition) is 0. The number of ether oxygens (including phenoxy) is 1. The molecule has 7 nitrogen and oxygen atoms in total. The zero-order valence-corrected chi connectivity index (χ0v) is 57.5. The molecule has 0 aliphatic carbocycles. The van der Waals surface area contributed by atoms with Gasteiger partial charge in [0.2, 0.25) is 0 Å². The predicted molar refractivity (Wildman–Crippen MR) is 414 cm³/mol. The third-order valence-corrected chi connectivity index (χ3v) is 19.9. The van der Waals surface area contributed by atoms with Crippen LogP contribution >= 0.6 is 0 Å². The van der Waals surface area contributed by atoms with Crippen LogP contribution in [0.2, 0.25) is 0 Å². The molecule has 0 atom stereocenters. The Morgan fingerprint density at radius 2 is 0.922 bits per heavy atom. The van der Waals surface area contributed by atoms with E-state index >= 15 is 0 Å². The first-order valence-electron chi connectivity index (χ1n) is 38.7. The molecule has 3 aliphatic rings. The van der Waals surface area contributed by atoms with Crippen LogP contribution in [0.1, 0.15) is 40.0 Å². The molecule has 19 aromatic rings. The minimum absolute atomic E-state index is 0. The fourth-order valence-corrected chi connectivity index (χ4v) is 15.3. The van der Waals surface area contributed by atoms with E-state index in [1.807, 2.05) is 65.4 Å². The molecule has 0 spiro atoms. The van der Waals surface area contributed by atoms with Gasteiger partial charge in [0.1, 0.15) is 5.82 Å². The van der Waals surface area contributed by atoms with E-state index in [0.29, 0.717) is 34.0 Å². The van der Waals surface area contributed by atoms with E-state index in [2.05, 4.69) is 235 Å². The number of pyridine rings is 1. The van der Waals surface area contributed by atoms with Gasteiger partial charge in [0.15, 0.2) is 0 Å². The summed E-state index contributed by atoms with van der Waals surface area (Å²) in [4.78, 5) is 5.14. The van der Waals surface area contributed by atoms with Gasteiger partial charge in [0, 0.05) is 77.2 Å². The van der Waals surface area contributed by atoms with Crippen LogP contribution in [0.3, 0.4) is 0 Å². The summed E-state index contributed by atoms with van der Waals surface area (Å²) in [6.07, 6.45) is 5.49. The van der Waals surface area contributed by atoms with Gasteiger partial charge in [0.05, 0.1) is 52.5 Å². The molecule has 0 saturated carbocycles. The van der Waals surface area contributed by atoms with Gasteiger partial charge in [-0.05, 0) is 156 Å². The van der Waals surface area contributed by atoms with Crippen molar-refractivity contribution in [3.63, 3.8) is 0 Å². The van der Waals surface area contributed by atoms with E-state index in [1.54, 1.807) is 22.8 Å². The first-order valence-corrected chi connectivity index (χ1v) is 33.7. The van der Waals surface area contributed by atoms with E-state index < -0.39 is 60.4 Å². The Morgan fingerprint density at radius 1 is 0.382 bits per heavy atom. The Balaban J connectivity index is 0.00000845. The van der Waals surface area contributed by atoms with Gasteiger partial charge >= 0.3 is 0 Å². The molecule has 22 rings (SSSR count). The van der Waals surface area contributed by atoms with Gasteiger partial charge < -0.3 is 23.0 Å². The average molecular weight is 1500 g/mol. The SMILES string of the molecule is [2H]c1c([2H])c([2H])c(-c2cccc(-c3c([2H])c([2H])c([2H])c([2H])c3[2H])c2-[n+]2[c-]n(-c3[c-]c4cc(c3)-c3ccccc3-c3ccc5c(c3)c3ccccc3n5-c3ccc5c(c3)c3ccccc3n5-c3cccc(c3)-c3ccccc3-c3ccc5c6ccc([c-]c6n(-c6cc(C(C)(C)C)ccn6)c5c3)O4)c3ccccc32)c([2H])c1[2H].[Pt]. The van der Waals surface area contributed by atoms with Gasteiger partial charge in [-0.2, -0.15) is 12.1 Å². The van der Waals surface area contributed by atoms with Crippen molar-refractivity contribution in [2.75, 3.05) is 0 Å². The minimum Gasteiger partial charge on any atom is -0.510 e. The second-order valence-electron chi connectivity index (χ2n) is 26.8. The third kappa shape index (κ3) is 9.82. The fraction of sp³-hybridized carbons (Fsp3) is 0.0426. The van der Waals surface area contributed by atoms with Crippen LogP contribution in [-0.4, -0.2) is 23.3 Å². The molecule has 0 amide bonds. The Bertz CT molecular complexity index is 7120. The van der Waals surface area contributed by atoms with Crippen LogP contribution in [0.15, 0.2) is 321 Å². The summed E-state index contributed by atoms with van der Waals surface area (Å²) in [5, 5.41) is 6.30. The summed E-state index contributed by atoms with van der Waals surface area (Å²) in [5.41, 5.74) is 18.0. The zero-order valence-electron chi connectivity index (χ0n) is 65.2. The number of para-hydroxylation sites is 5. The molecule has 486 valence electrons. The minimum atomic E-state index is -0.591. The molecule has 8 heteroatoms. The van der Waals surface area contributed by atoms with Crippen LogP contribution in [0, 0.1) is 18.5 Å².